The Bertz CT molecular complexity index is 727. The summed E-state index contributed by atoms with van der Waals surface area (Å²) in [5, 5.41) is 0. The number of rotatable bonds is 4. The van der Waals surface area contributed by atoms with Gasteiger partial charge in [-0.15, -0.1) is 0 Å². The van der Waals surface area contributed by atoms with Crippen LogP contribution in [0.15, 0.2) is 24.3 Å². The van der Waals surface area contributed by atoms with Gasteiger partial charge in [0.1, 0.15) is 5.75 Å². The number of fused-ring (bicyclic) bond motifs is 1. The van der Waals surface area contributed by atoms with E-state index in [1.807, 2.05) is 4.90 Å². The van der Waals surface area contributed by atoms with Crippen LogP contribution in [0.4, 0.5) is 0 Å². The fourth-order valence-corrected chi connectivity index (χ4v) is 5.82. The number of benzene rings is 1. The first-order valence-corrected chi connectivity index (χ1v) is 11.5. The van der Waals surface area contributed by atoms with Crippen molar-refractivity contribution >= 4 is 5.91 Å². The fourth-order valence-electron chi connectivity index (χ4n) is 5.82. The van der Waals surface area contributed by atoms with Gasteiger partial charge in [-0.1, -0.05) is 12.1 Å². The number of hydrogen-bond donors (Lipinski definition) is 0. The highest BCUT2D eigenvalue weighted by Crippen LogP contribution is 2.31. The van der Waals surface area contributed by atoms with Gasteiger partial charge in [-0.3, -0.25) is 19.5 Å². The summed E-state index contributed by atoms with van der Waals surface area (Å²) in [4.78, 5) is 21.8. The Kier molecular flexibility index (Phi) is 6.37. The van der Waals surface area contributed by atoms with E-state index in [0.29, 0.717) is 12.1 Å². The highest BCUT2D eigenvalue weighted by molar-refractivity contribution is 5.73. The van der Waals surface area contributed by atoms with E-state index in [1.165, 1.54) is 5.56 Å². The minimum absolute atomic E-state index is 0.194. The predicted octanol–water partition coefficient (Wildman–Crippen LogP) is 2.29. The molecule has 6 nitrogen and oxygen atoms in total. The molecule has 1 aromatic rings. The third kappa shape index (κ3) is 4.66. The number of carbonyl (C=O) groups is 1. The van der Waals surface area contributed by atoms with Crippen molar-refractivity contribution in [3.8, 4) is 5.75 Å². The summed E-state index contributed by atoms with van der Waals surface area (Å²) in [7, 11) is 1.72. The molecular weight excluding hydrogens is 376 g/mol. The number of methoxy groups -OCH3 is 1. The maximum absolute atomic E-state index is 11.7. The van der Waals surface area contributed by atoms with Gasteiger partial charge >= 0.3 is 0 Å². The molecule has 1 atom stereocenters. The topological polar surface area (TPSA) is 39.3 Å². The SMILES string of the molecule is COc1ccc(CN2C[C@@H]3CN(C4CCN(C(C)=O)CC4)CCN3C(C)(C)C2)cc1. The smallest absolute Gasteiger partial charge is 0.219 e. The standard InChI is InChI=1S/C24H38N4O2/c1-19(29)26-11-9-21(10-12-26)27-13-14-28-22(17-27)16-25(18-24(28,2)3)15-20-5-7-23(30-4)8-6-20/h5-8,21-22H,9-18H2,1-4H3/t22-/m1/s1. The summed E-state index contributed by atoms with van der Waals surface area (Å²) in [6.45, 7) is 15.0. The van der Waals surface area contributed by atoms with Gasteiger partial charge in [0.25, 0.3) is 0 Å². The van der Waals surface area contributed by atoms with E-state index >= 15 is 0 Å². The Morgan fingerprint density at radius 2 is 1.73 bits per heavy atom. The minimum atomic E-state index is 0.194. The van der Waals surface area contributed by atoms with E-state index in [0.717, 1.165) is 70.9 Å². The maximum atomic E-state index is 11.7. The van der Waals surface area contributed by atoms with Crippen LogP contribution < -0.4 is 4.74 Å². The third-order valence-corrected chi connectivity index (χ3v) is 7.36. The maximum Gasteiger partial charge on any atom is 0.219 e. The predicted molar refractivity (Wildman–Crippen MR) is 120 cm³/mol. The highest BCUT2D eigenvalue weighted by atomic mass is 16.5. The van der Waals surface area contributed by atoms with Gasteiger partial charge in [-0.25, -0.2) is 0 Å². The molecule has 30 heavy (non-hydrogen) atoms. The second-order valence-electron chi connectivity index (χ2n) is 9.91. The number of piperidine rings is 1. The van der Waals surface area contributed by atoms with Gasteiger partial charge in [0, 0.05) is 76.9 Å². The molecule has 0 aliphatic carbocycles. The lowest BCUT2D eigenvalue weighted by Crippen LogP contribution is -2.70. The quantitative estimate of drug-likeness (QED) is 0.756. The fraction of sp³-hybridized carbons (Fsp3) is 0.708. The molecule has 3 fully saturated rings. The summed E-state index contributed by atoms with van der Waals surface area (Å²) in [6, 6.07) is 9.70. The Labute approximate surface area is 181 Å². The Hall–Kier alpha value is -1.63. The minimum Gasteiger partial charge on any atom is -0.497 e. The average Bonchev–Trinajstić information content (AvgIpc) is 2.73. The molecule has 166 valence electrons. The van der Waals surface area contributed by atoms with Crippen LogP contribution in [-0.2, 0) is 11.3 Å². The molecule has 4 rings (SSSR count). The van der Waals surface area contributed by atoms with Gasteiger partial charge in [0.2, 0.25) is 5.91 Å². The van der Waals surface area contributed by atoms with Crippen molar-refractivity contribution in [1.29, 1.82) is 0 Å². The van der Waals surface area contributed by atoms with Crippen LogP contribution in [-0.4, -0.2) is 96.1 Å². The molecule has 0 unspecified atom stereocenters. The van der Waals surface area contributed by atoms with Crippen LogP contribution >= 0.6 is 0 Å². The van der Waals surface area contributed by atoms with E-state index in [9.17, 15) is 4.79 Å². The first-order chi connectivity index (χ1) is 14.4. The molecule has 1 amide bonds. The zero-order valence-electron chi connectivity index (χ0n) is 19.1. The van der Waals surface area contributed by atoms with Crippen LogP contribution in [0.2, 0.25) is 0 Å². The van der Waals surface area contributed by atoms with E-state index in [2.05, 4.69) is 52.8 Å². The van der Waals surface area contributed by atoms with Crippen molar-refractivity contribution < 1.29 is 9.53 Å². The molecule has 1 aromatic carbocycles. The number of likely N-dealkylation sites (tertiary alicyclic amines) is 1. The summed E-state index contributed by atoms with van der Waals surface area (Å²) in [6.07, 6.45) is 2.23. The second-order valence-corrected chi connectivity index (χ2v) is 9.91. The Morgan fingerprint density at radius 3 is 2.37 bits per heavy atom. The lowest BCUT2D eigenvalue weighted by molar-refractivity contribution is -0.131. The van der Waals surface area contributed by atoms with E-state index in [-0.39, 0.29) is 11.4 Å². The van der Waals surface area contributed by atoms with Crippen LogP contribution in [0.3, 0.4) is 0 Å². The lowest BCUT2D eigenvalue weighted by atomic mass is 9.91. The normalized spacial score (nSPS) is 26.4. The number of amides is 1. The number of nitrogens with zero attached hydrogens (tertiary/aromatic N) is 4. The van der Waals surface area contributed by atoms with Gasteiger partial charge in [-0.05, 0) is 44.4 Å². The number of piperazine rings is 2. The van der Waals surface area contributed by atoms with Crippen molar-refractivity contribution in [2.24, 2.45) is 0 Å². The van der Waals surface area contributed by atoms with Crippen molar-refractivity contribution in [1.82, 2.24) is 19.6 Å². The molecule has 0 saturated carbocycles. The summed E-state index contributed by atoms with van der Waals surface area (Å²) >= 11 is 0. The van der Waals surface area contributed by atoms with Gasteiger partial charge in [0.15, 0.2) is 0 Å². The van der Waals surface area contributed by atoms with Crippen molar-refractivity contribution in [3.63, 3.8) is 0 Å². The zero-order chi connectivity index (χ0) is 21.3. The molecule has 0 radical (unpaired) electrons. The first-order valence-electron chi connectivity index (χ1n) is 11.5. The molecule has 6 heteroatoms. The van der Waals surface area contributed by atoms with Crippen molar-refractivity contribution in [2.45, 2.75) is 57.8 Å². The molecule has 3 aliphatic heterocycles. The van der Waals surface area contributed by atoms with E-state index in [4.69, 9.17) is 4.74 Å². The number of carbonyl (C=O) groups excluding carboxylic acids is 1. The van der Waals surface area contributed by atoms with Gasteiger partial charge in [-0.2, -0.15) is 0 Å². The van der Waals surface area contributed by atoms with Crippen LogP contribution in [0.25, 0.3) is 0 Å². The van der Waals surface area contributed by atoms with Crippen molar-refractivity contribution in [3.05, 3.63) is 29.8 Å². The molecule has 0 spiro atoms. The summed E-state index contributed by atoms with van der Waals surface area (Å²) in [5.41, 5.74) is 1.55. The van der Waals surface area contributed by atoms with Crippen LogP contribution in [0, 0.1) is 0 Å². The van der Waals surface area contributed by atoms with E-state index in [1.54, 1.807) is 14.0 Å². The van der Waals surface area contributed by atoms with Crippen LogP contribution in [0.1, 0.15) is 39.2 Å². The third-order valence-electron chi connectivity index (χ3n) is 7.36. The monoisotopic (exact) mass is 414 g/mol. The molecular formula is C24H38N4O2. The molecule has 3 aliphatic rings. The molecule has 0 N–H and O–H groups in total. The Balaban J connectivity index is 1.38. The molecule has 0 aromatic heterocycles. The van der Waals surface area contributed by atoms with E-state index < -0.39 is 0 Å². The Morgan fingerprint density at radius 1 is 1.03 bits per heavy atom. The van der Waals surface area contributed by atoms with Gasteiger partial charge in [0.05, 0.1) is 7.11 Å². The molecule has 3 heterocycles. The average molecular weight is 415 g/mol. The van der Waals surface area contributed by atoms with Gasteiger partial charge < -0.3 is 9.64 Å². The highest BCUT2D eigenvalue weighted by Gasteiger charge is 2.43. The first kappa shape index (κ1) is 21.6. The largest absolute Gasteiger partial charge is 0.497 e. The molecule has 3 saturated heterocycles. The van der Waals surface area contributed by atoms with Crippen molar-refractivity contribution in [2.75, 3.05) is 52.9 Å². The number of ether oxygens (including phenoxy) is 1. The summed E-state index contributed by atoms with van der Waals surface area (Å²) in [5.74, 6) is 1.14. The second kappa shape index (κ2) is 8.85. The number of hydrogen-bond acceptors (Lipinski definition) is 5. The zero-order valence-corrected chi connectivity index (χ0v) is 19.1. The lowest BCUT2D eigenvalue weighted by Gasteiger charge is -2.57. The van der Waals surface area contributed by atoms with Crippen LogP contribution in [0.5, 0.6) is 5.75 Å². The summed E-state index contributed by atoms with van der Waals surface area (Å²) < 4.78 is 5.30. The molecule has 0 bridgehead atoms.